The first kappa shape index (κ1) is 13.3. The van der Waals surface area contributed by atoms with Crippen LogP contribution in [0.3, 0.4) is 0 Å². The van der Waals surface area contributed by atoms with E-state index in [1.165, 1.54) is 18.5 Å². The molecular weight excluding hydrogens is 244 g/mol. The van der Waals surface area contributed by atoms with Gasteiger partial charge in [-0.25, -0.2) is 0 Å². The number of hydrogen-bond acceptors (Lipinski definition) is 3. The van der Waals surface area contributed by atoms with Gasteiger partial charge in [0.2, 0.25) is 0 Å². The minimum atomic E-state index is 0.448. The van der Waals surface area contributed by atoms with Crippen LogP contribution in [0, 0.1) is 0 Å². The molecule has 2 N–H and O–H groups in total. The summed E-state index contributed by atoms with van der Waals surface area (Å²) in [6, 6.07) is 8.06. The Kier molecular flexibility index (Phi) is 4.55. The van der Waals surface area contributed by atoms with Gasteiger partial charge in [0.15, 0.2) is 0 Å². The van der Waals surface area contributed by atoms with Gasteiger partial charge in [-0.1, -0.05) is 12.2 Å². The second-order valence-corrected chi connectivity index (χ2v) is 5.20. The standard InChI is InChI=1S/C14H20N2OS/c1-16(9-8-13-3-2-10-17-13)12-6-4-11(5-7-12)14(15)18/h4-7,13H,2-3,8-10H2,1H3,(H2,15,18). The second kappa shape index (κ2) is 6.16. The lowest BCUT2D eigenvalue weighted by atomic mass is 10.1. The largest absolute Gasteiger partial charge is 0.389 e. The molecule has 1 atom stereocenters. The molecular formula is C14H20N2OS. The van der Waals surface area contributed by atoms with Crippen LogP contribution >= 0.6 is 12.2 Å². The maximum absolute atomic E-state index is 5.63. The molecule has 0 saturated carbocycles. The van der Waals surface area contributed by atoms with Crippen molar-refractivity contribution in [1.29, 1.82) is 0 Å². The van der Waals surface area contributed by atoms with E-state index in [0.717, 1.165) is 25.1 Å². The molecule has 1 aliphatic heterocycles. The molecule has 1 aromatic carbocycles. The van der Waals surface area contributed by atoms with Crippen molar-refractivity contribution in [3.05, 3.63) is 29.8 Å². The van der Waals surface area contributed by atoms with Crippen molar-refractivity contribution in [2.24, 2.45) is 5.73 Å². The van der Waals surface area contributed by atoms with Crippen LogP contribution in [0.2, 0.25) is 0 Å². The number of benzene rings is 1. The zero-order valence-corrected chi connectivity index (χ0v) is 11.6. The van der Waals surface area contributed by atoms with Crippen molar-refractivity contribution in [2.75, 3.05) is 25.1 Å². The van der Waals surface area contributed by atoms with Crippen LogP contribution in [-0.2, 0) is 4.74 Å². The number of nitrogens with zero attached hydrogens (tertiary/aromatic N) is 1. The fraction of sp³-hybridized carbons (Fsp3) is 0.500. The quantitative estimate of drug-likeness (QED) is 0.828. The smallest absolute Gasteiger partial charge is 0.103 e. The summed E-state index contributed by atoms with van der Waals surface area (Å²) in [6.45, 7) is 1.94. The lowest BCUT2D eigenvalue weighted by molar-refractivity contribution is 0.106. The van der Waals surface area contributed by atoms with Crippen molar-refractivity contribution >= 4 is 22.9 Å². The minimum absolute atomic E-state index is 0.448. The third-order valence-corrected chi connectivity index (χ3v) is 3.64. The Labute approximate surface area is 114 Å². The molecule has 1 fully saturated rings. The lowest BCUT2D eigenvalue weighted by Gasteiger charge is -2.21. The van der Waals surface area contributed by atoms with Crippen LogP contribution in [0.5, 0.6) is 0 Å². The van der Waals surface area contributed by atoms with Crippen LogP contribution < -0.4 is 10.6 Å². The molecule has 4 heteroatoms. The van der Waals surface area contributed by atoms with Crippen LogP contribution in [0.25, 0.3) is 0 Å². The molecule has 0 radical (unpaired) electrons. The number of hydrogen-bond donors (Lipinski definition) is 1. The molecule has 1 heterocycles. The summed E-state index contributed by atoms with van der Waals surface area (Å²) >= 11 is 4.94. The molecule has 1 unspecified atom stereocenters. The number of ether oxygens (including phenoxy) is 1. The van der Waals surface area contributed by atoms with Gasteiger partial charge in [-0.15, -0.1) is 0 Å². The minimum Gasteiger partial charge on any atom is -0.389 e. The van der Waals surface area contributed by atoms with Crippen LogP contribution in [0.4, 0.5) is 5.69 Å². The van der Waals surface area contributed by atoms with Crippen molar-refractivity contribution in [3.8, 4) is 0 Å². The highest BCUT2D eigenvalue weighted by Gasteiger charge is 2.15. The van der Waals surface area contributed by atoms with Crippen molar-refractivity contribution < 1.29 is 4.74 Å². The van der Waals surface area contributed by atoms with E-state index in [1.54, 1.807) is 0 Å². The first-order valence-electron chi connectivity index (χ1n) is 6.39. The second-order valence-electron chi connectivity index (χ2n) is 4.76. The Morgan fingerprint density at radius 3 is 2.72 bits per heavy atom. The van der Waals surface area contributed by atoms with Gasteiger partial charge in [-0.05, 0) is 43.5 Å². The fourth-order valence-corrected chi connectivity index (χ4v) is 2.36. The van der Waals surface area contributed by atoms with E-state index >= 15 is 0 Å². The first-order chi connectivity index (χ1) is 8.66. The number of thiocarbonyl (C=S) groups is 1. The summed E-state index contributed by atoms with van der Waals surface area (Å²) in [4.78, 5) is 2.69. The molecule has 18 heavy (non-hydrogen) atoms. The highest BCUT2D eigenvalue weighted by atomic mass is 32.1. The fourth-order valence-electron chi connectivity index (χ4n) is 2.22. The Balaban J connectivity index is 1.87. The average Bonchev–Trinajstić information content (AvgIpc) is 2.89. The summed E-state index contributed by atoms with van der Waals surface area (Å²) in [5.41, 5.74) is 7.69. The van der Waals surface area contributed by atoms with Gasteiger partial charge >= 0.3 is 0 Å². The van der Waals surface area contributed by atoms with Gasteiger partial charge in [-0.3, -0.25) is 0 Å². The molecule has 2 rings (SSSR count). The van der Waals surface area contributed by atoms with E-state index in [1.807, 2.05) is 12.1 Å². The molecule has 0 amide bonds. The van der Waals surface area contributed by atoms with Crippen molar-refractivity contribution in [2.45, 2.75) is 25.4 Å². The van der Waals surface area contributed by atoms with Crippen LogP contribution in [0.1, 0.15) is 24.8 Å². The summed E-state index contributed by atoms with van der Waals surface area (Å²) < 4.78 is 5.63. The van der Waals surface area contributed by atoms with Gasteiger partial charge in [0.05, 0.1) is 6.10 Å². The van der Waals surface area contributed by atoms with Gasteiger partial charge in [0.1, 0.15) is 4.99 Å². The molecule has 1 aromatic rings. The molecule has 98 valence electrons. The van der Waals surface area contributed by atoms with E-state index in [2.05, 4.69) is 24.1 Å². The highest BCUT2D eigenvalue weighted by molar-refractivity contribution is 7.80. The van der Waals surface area contributed by atoms with Crippen LogP contribution in [-0.4, -0.2) is 31.3 Å². The van der Waals surface area contributed by atoms with Crippen molar-refractivity contribution in [1.82, 2.24) is 0 Å². The number of rotatable bonds is 5. The first-order valence-corrected chi connectivity index (χ1v) is 6.80. The Bertz CT molecular complexity index is 399. The number of nitrogens with two attached hydrogens (primary N) is 1. The van der Waals surface area contributed by atoms with E-state index < -0.39 is 0 Å². The molecule has 1 aliphatic rings. The van der Waals surface area contributed by atoms with E-state index in [9.17, 15) is 0 Å². The third kappa shape index (κ3) is 3.43. The van der Waals surface area contributed by atoms with E-state index in [4.69, 9.17) is 22.7 Å². The maximum Gasteiger partial charge on any atom is 0.103 e. The normalized spacial score (nSPS) is 18.8. The summed E-state index contributed by atoms with van der Waals surface area (Å²) in [6.07, 6.45) is 3.95. The van der Waals surface area contributed by atoms with Gasteiger partial charge in [0, 0.05) is 31.5 Å². The average molecular weight is 264 g/mol. The number of anilines is 1. The van der Waals surface area contributed by atoms with Gasteiger partial charge in [0.25, 0.3) is 0 Å². The molecule has 0 aromatic heterocycles. The predicted molar refractivity (Wildman–Crippen MR) is 79.2 cm³/mol. The molecule has 0 aliphatic carbocycles. The Hall–Kier alpha value is -1.13. The molecule has 0 bridgehead atoms. The van der Waals surface area contributed by atoms with E-state index in [0.29, 0.717) is 11.1 Å². The van der Waals surface area contributed by atoms with Crippen LogP contribution in [0.15, 0.2) is 24.3 Å². The Morgan fingerprint density at radius 1 is 1.44 bits per heavy atom. The molecule has 0 spiro atoms. The predicted octanol–water partition coefficient (Wildman–Crippen LogP) is 2.33. The monoisotopic (exact) mass is 264 g/mol. The van der Waals surface area contributed by atoms with Crippen molar-refractivity contribution in [3.63, 3.8) is 0 Å². The summed E-state index contributed by atoms with van der Waals surface area (Å²) in [7, 11) is 2.10. The summed E-state index contributed by atoms with van der Waals surface area (Å²) in [5, 5.41) is 0. The molecule has 1 saturated heterocycles. The zero-order chi connectivity index (χ0) is 13.0. The van der Waals surface area contributed by atoms with E-state index in [-0.39, 0.29) is 0 Å². The van der Waals surface area contributed by atoms with Gasteiger partial charge < -0.3 is 15.4 Å². The third-order valence-electron chi connectivity index (χ3n) is 3.40. The zero-order valence-electron chi connectivity index (χ0n) is 10.8. The topological polar surface area (TPSA) is 38.5 Å². The summed E-state index contributed by atoms with van der Waals surface area (Å²) in [5.74, 6) is 0. The maximum atomic E-state index is 5.63. The highest BCUT2D eigenvalue weighted by Crippen LogP contribution is 2.18. The lowest BCUT2D eigenvalue weighted by Crippen LogP contribution is -2.22. The SMILES string of the molecule is CN(CCC1CCCO1)c1ccc(C(N)=S)cc1. The Morgan fingerprint density at radius 2 is 2.17 bits per heavy atom. The molecule has 3 nitrogen and oxygen atoms in total. The van der Waals surface area contributed by atoms with Gasteiger partial charge in [-0.2, -0.15) is 0 Å².